The van der Waals surface area contributed by atoms with Gasteiger partial charge in [0.2, 0.25) is 5.91 Å². The van der Waals surface area contributed by atoms with Gasteiger partial charge in [-0.1, -0.05) is 37.7 Å². The predicted octanol–water partition coefficient (Wildman–Crippen LogP) is 4.29. The molecule has 0 N–H and O–H groups in total. The minimum atomic E-state index is 0.131. The van der Waals surface area contributed by atoms with E-state index in [0.717, 1.165) is 36.5 Å². The number of fused-ring (bicyclic) bond motifs is 1. The second-order valence-electron chi connectivity index (χ2n) is 6.91. The SMILES string of the molecule is Cc1cc(C)nc(SCC(=O)N2CCCc3cc(C(C)C)ccc32)n1. The third-order valence-electron chi connectivity index (χ3n) is 4.48. The van der Waals surface area contributed by atoms with Gasteiger partial charge in [0.25, 0.3) is 0 Å². The molecule has 0 bridgehead atoms. The van der Waals surface area contributed by atoms with Crippen LogP contribution in [0.2, 0.25) is 0 Å². The molecular formula is C20H25N3OS. The fourth-order valence-corrected chi connectivity index (χ4v) is 4.02. The fraction of sp³-hybridized carbons (Fsp3) is 0.450. The average Bonchev–Trinajstić information content (AvgIpc) is 2.57. The summed E-state index contributed by atoms with van der Waals surface area (Å²) >= 11 is 1.42. The van der Waals surface area contributed by atoms with Crippen molar-refractivity contribution in [2.45, 2.75) is 51.6 Å². The Kier molecular flexibility index (Phi) is 5.42. The Bertz CT molecular complexity index is 768. The third-order valence-corrected chi connectivity index (χ3v) is 5.31. The van der Waals surface area contributed by atoms with Gasteiger partial charge in [-0.2, -0.15) is 0 Å². The van der Waals surface area contributed by atoms with E-state index in [2.05, 4.69) is 42.0 Å². The molecule has 0 radical (unpaired) electrons. The van der Waals surface area contributed by atoms with Crippen molar-refractivity contribution in [3.05, 3.63) is 46.8 Å². The summed E-state index contributed by atoms with van der Waals surface area (Å²) in [5.41, 5.74) is 5.58. The van der Waals surface area contributed by atoms with Crippen molar-refractivity contribution >= 4 is 23.4 Å². The van der Waals surface area contributed by atoms with Crippen LogP contribution in [0.3, 0.4) is 0 Å². The van der Waals surface area contributed by atoms with Gasteiger partial charge in [-0.3, -0.25) is 4.79 Å². The Labute approximate surface area is 154 Å². The Balaban J connectivity index is 1.73. The maximum Gasteiger partial charge on any atom is 0.237 e. The molecule has 132 valence electrons. The number of aromatic nitrogens is 2. The number of aryl methyl sites for hydroxylation is 3. The number of anilines is 1. The van der Waals surface area contributed by atoms with E-state index in [1.54, 1.807) is 0 Å². The lowest BCUT2D eigenvalue weighted by Crippen LogP contribution is -2.36. The second-order valence-corrected chi connectivity index (χ2v) is 7.86. The molecule has 0 atom stereocenters. The highest BCUT2D eigenvalue weighted by atomic mass is 32.2. The van der Waals surface area contributed by atoms with Gasteiger partial charge in [-0.25, -0.2) is 9.97 Å². The first-order chi connectivity index (χ1) is 11.9. The first-order valence-electron chi connectivity index (χ1n) is 8.82. The van der Waals surface area contributed by atoms with Crippen molar-refractivity contribution in [2.75, 3.05) is 17.2 Å². The Morgan fingerprint density at radius 2 is 1.92 bits per heavy atom. The largest absolute Gasteiger partial charge is 0.311 e. The number of carbonyl (C=O) groups is 1. The monoisotopic (exact) mass is 355 g/mol. The molecule has 1 aromatic heterocycles. The topological polar surface area (TPSA) is 46.1 Å². The quantitative estimate of drug-likeness (QED) is 0.606. The third kappa shape index (κ3) is 4.21. The molecule has 1 amide bonds. The summed E-state index contributed by atoms with van der Waals surface area (Å²) in [6.07, 6.45) is 2.07. The van der Waals surface area contributed by atoms with E-state index in [1.165, 1.54) is 22.9 Å². The van der Waals surface area contributed by atoms with E-state index in [1.807, 2.05) is 24.8 Å². The van der Waals surface area contributed by atoms with Crippen molar-refractivity contribution in [3.63, 3.8) is 0 Å². The average molecular weight is 356 g/mol. The number of carbonyl (C=O) groups excluding carboxylic acids is 1. The molecule has 0 saturated carbocycles. The van der Waals surface area contributed by atoms with Crippen molar-refractivity contribution in [3.8, 4) is 0 Å². The number of rotatable bonds is 4. The van der Waals surface area contributed by atoms with E-state index in [-0.39, 0.29) is 5.91 Å². The van der Waals surface area contributed by atoms with Crippen LogP contribution < -0.4 is 4.90 Å². The molecule has 0 unspecified atom stereocenters. The van der Waals surface area contributed by atoms with Crippen LogP contribution in [-0.4, -0.2) is 28.2 Å². The zero-order chi connectivity index (χ0) is 18.0. The van der Waals surface area contributed by atoms with Crippen LogP contribution in [0, 0.1) is 13.8 Å². The van der Waals surface area contributed by atoms with Gasteiger partial charge in [-0.05, 0) is 55.9 Å². The Morgan fingerprint density at radius 1 is 1.20 bits per heavy atom. The molecule has 25 heavy (non-hydrogen) atoms. The van der Waals surface area contributed by atoms with Gasteiger partial charge >= 0.3 is 0 Å². The molecule has 0 saturated heterocycles. The van der Waals surface area contributed by atoms with Gasteiger partial charge in [0, 0.05) is 23.6 Å². The standard InChI is InChI=1S/C20H25N3OS/c1-13(2)16-7-8-18-17(11-16)6-5-9-23(18)19(24)12-25-20-21-14(3)10-15(4)22-20/h7-8,10-11,13H,5-6,9,12H2,1-4H3. The molecule has 0 fully saturated rings. The van der Waals surface area contributed by atoms with E-state index in [9.17, 15) is 4.79 Å². The van der Waals surface area contributed by atoms with Crippen LogP contribution in [0.4, 0.5) is 5.69 Å². The lowest BCUT2D eigenvalue weighted by atomic mass is 9.95. The van der Waals surface area contributed by atoms with Gasteiger partial charge in [-0.15, -0.1) is 0 Å². The lowest BCUT2D eigenvalue weighted by Gasteiger charge is -2.30. The van der Waals surface area contributed by atoms with Crippen molar-refractivity contribution in [2.24, 2.45) is 0 Å². The van der Waals surface area contributed by atoms with E-state index in [0.29, 0.717) is 16.8 Å². The van der Waals surface area contributed by atoms with Crippen LogP contribution in [-0.2, 0) is 11.2 Å². The van der Waals surface area contributed by atoms with Gasteiger partial charge in [0.1, 0.15) is 0 Å². The highest BCUT2D eigenvalue weighted by Gasteiger charge is 2.23. The molecule has 3 rings (SSSR count). The molecule has 1 aromatic carbocycles. The zero-order valence-electron chi connectivity index (χ0n) is 15.4. The molecule has 1 aliphatic rings. The number of amides is 1. The van der Waals surface area contributed by atoms with Crippen LogP contribution >= 0.6 is 11.8 Å². The summed E-state index contributed by atoms with van der Waals surface area (Å²) < 4.78 is 0. The summed E-state index contributed by atoms with van der Waals surface area (Å²) in [5.74, 6) is 1.01. The number of nitrogens with zero attached hydrogens (tertiary/aromatic N) is 3. The highest BCUT2D eigenvalue weighted by molar-refractivity contribution is 7.99. The molecule has 0 spiro atoms. The van der Waals surface area contributed by atoms with Crippen LogP contribution in [0.5, 0.6) is 0 Å². The van der Waals surface area contributed by atoms with E-state index in [4.69, 9.17) is 0 Å². The van der Waals surface area contributed by atoms with Crippen molar-refractivity contribution in [1.29, 1.82) is 0 Å². The number of hydrogen-bond donors (Lipinski definition) is 0. The molecular weight excluding hydrogens is 330 g/mol. The first-order valence-corrected chi connectivity index (χ1v) is 9.81. The molecule has 2 heterocycles. The minimum absolute atomic E-state index is 0.131. The summed E-state index contributed by atoms with van der Waals surface area (Å²) in [4.78, 5) is 23.5. The van der Waals surface area contributed by atoms with Gasteiger partial charge in [0.15, 0.2) is 5.16 Å². The maximum absolute atomic E-state index is 12.8. The Hall–Kier alpha value is -1.88. The van der Waals surface area contributed by atoms with Crippen LogP contribution in [0.25, 0.3) is 0 Å². The highest BCUT2D eigenvalue weighted by Crippen LogP contribution is 2.31. The Morgan fingerprint density at radius 3 is 2.60 bits per heavy atom. The fourth-order valence-electron chi connectivity index (χ4n) is 3.20. The molecule has 0 aliphatic carbocycles. The summed E-state index contributed by atoms with van der Waals surface area (Å²) in [6, 6.07) is 8.47. The summed E-state index contributed by atoms with van der Waals surface area (Å²) in [6.45, 7) is 9.10. The molecule has 2 aromatic rings. The van der Waals surface area contributed by atoms with Crippen LogP contribution in [0.15, 0.2) is 29.4 Å². The maximum atomic E-state index is 12.8. The van der Waals surface area contributed by atoms with Crippen molar-refractivity contribution in [1.82, 2.24) is 9.97 Å². The van der Waals surface area contributed by atoms with Crippen molar-refractivity contribution < 1.29 is 4.79 Å². The summed E-state index contributed by atoms with van der Waals surface area (Å²) in [7, 11) is 0. The number of thioether (sulfide) groups is 1. The smallest absolute Gasteiger partial charge is 0.237 e. The first kappa shape index (κ1) is 17.9. The second kappa shape index (κ2) is 7.56. The normalized spacial score (nSPS) is 13.9. The number of benzene rings is 1. The number of hydrogen-bond acceptors (Lipinski definition) is 4. The van der Waals surface area contributed by atoms with E-state index < -0.39 is 0 Å². The lowest BCUT2D eigenvalue weighted by molar-refractivity contribution is -0.116. The molecule has 1 aliphatic heterocycles. The van der Waals surface area contributed by atoms with Gasteiger partial charge < -0.3 is 4.90 Å². The predicted molar refractivity (Wildman–Crippen MR) is 103 cm³/mol. The molecule has 4 nitrogen and oxygen atoms in total. The summed E-state index contributed by atoms with van der Waals surface area (Å²) in [5, 5.41) is 0.679. The minimum Gasteiger partial charge on any atom is -0.311 e. The molecule has 5 heteroatoms. The zero-order valence-corrected chi connectivity index (χ0v) is 16.2. The van der Waals surface area contributed by atoms with Gasteiger partial charge in [0.05, 0.1) is 5.75 Å². The van der Waals surface area contributed by atoms with Crippen LogP contribution in [0.1, 0.15) is 48.7 Å². The van der Waals surface area contributed by atoms with E-state index >= 15 is 0 Å².